The van der Waals surface area contributed by atoms with Gasteiger partial charge in [0.05, 0.1) is 23.9 Å². The van der Waals surface area contributed by atoms with Gasteiger partial charge in [-0.15, -0.1) is 0 Å². The fourth-order valence-corrected chi connectivity index (χ4v) is 3.42. The highest BCUT2D eigenvalue weighted by molar-refractivity contribution is 5.61. The van der Waals surface area contributed by atoms with E-state index in [1.807, 2.05) is 13.8 Å². The van der Waals surface area contributed by atoms with Crippen LogP contribution in [0.3, 0.4) is 0 Å². The first kappa shape index (κ1) is 25.1. The summed E-state index contributed by atoms with van der Waals surface area (Å²) in [6.45, 7) is 3.56. The van der Waals surface area contributed by atoms with Gasteiger partial charge in [-0.2, -0.15) is 26.3 Å². The van der Waals surface area contributed by atoms with Gasteiger partial charge in [0.25, 0.3) is 0 Å². The second-order valence-corrected chi connectivity index (χ2v) is 7.42. The maximum Gasteiger partial charge on any atom is 0.433 e. The number of hydrogen-bond acceptors (Lipinski definition) is 3. The van der Waals surface area contributed by atoms with E-state index in [0.717, 1.165) is 56.0 Å². The van der Waals surface area contributed by atoms with E-state index in [0.29, 0.717) is 0 Å². The molecule has 1 heterocycles. The molecule has 9 heteroatoms. The minimum atomic E-state index is -4.75. The molecule has 2 aromatic rings. The quantitative estimate of drug-likeness (QED) is 0.438. The Kier molecular flexibility index (Phi) is 8.48. The van der Waals surface area contributed by atoms with Gasteiger partial charge < -0.3 is 10.4 Å². The summed E-state index contributed by atoms with van der Waals surface area (Å²) in [5.74, 6) is 0. The van der Waals surface area contributed by atoms with Gasteiger partial charge in [-0.05, 0) is 42.7 Å². The van der Waals surface area contributed by atoms with Crippen LogP contribution in [0.25, 0.3) is 11.3 Å². The smallest absolute Gasteiger partial charge is 0.394 e. The van der Waals surface area contributed by atoms with Crippen LogP contribution in [0.2, 0.25) is 0 Å². The average Bonchev–Trinajstić information content (AvgIpc) is 2.70. The molecule has 0 aliphatic rings. The predicted molar refractivity (Wildman–Crippen MR) is 106 cm³/mol. The number of aliphatic hydroxyl groups excluding tert-OH is 1. The fraction of sp³-hybridized carbons (Fsp3) is 0.500. The number of nitrogens with zero attached hydrogens (tertiary/aromatic N) is 1. The molecule has 0 bridgehead atoms. The number of aromatic nitrogens is 1. The van der Waals surface area contributed by atoms with Crippen molar-refractivity contribution in [3.63, 3.8) is 0 Å². The van der Waals surface area contributed by atoms with Crippen LogP contribution < -0.4 is 5.32 Å². The second kappa shape index (κ2) is 10.5. The molecule has 3 nitrogen and oxygen atoms in total. The molecule has 0 radical (unpaired) electrons. The van der Waals surface area contributed by atoms with Crippen molar-refractivity contribution >= 4 is 0 Å². The molecule has 2 N–H and O–H groups in total. The maximum absolute atomic E-state index is 13.5. The van der Waals surface area contributed by atoms with Gasteiger partial charge in [0.1, 0.15) is 5.69 Å². The summed E-state index contributed by atoms with van der Waals surface area (Å²) in [5, 5.41) is 13.1. The van der Waals surface area contributed by atoms with Crippen molar-refractivity contribution in [3.05, 3.63) is 53.2 Å². The van der Waals surface area contributed by atoms with Gasteiger partial charge in [0, 0.05) is 11.6 Å². The summed E-state index contributed by atoms with van der Waals surface area (Å²) >= 11 is 0. The Bertz CT molecular complexity index is 827. The minimum absolute atomic E-state index is 0.0178. The summed E-state index contributed by atoms with van der Waals surface area (Å²) in [6.07, 6.45) is -5.96. The van der Waals surface area contributed by atoms with Crippen molar-refractivity contribution in [1.29, 1.82) is 0 Å². The average molecular weight is 448 g/mol. The van der Waals surface area contributed by atoms with Crippen molar-refractivity contribution in [2.45, 2.75) is 64.0 Å². The van der Waals surface area contributed by atoms with Crippen molar-refractivity contribution in [1.82, 2.24) is 10.3 Å². The van der Waals surface area contributed by atoms with E-state index in [2.05, 4.69) is 10.3 Å². The number of alkyl halides is 6. The highest BCUT2D eigenvalue weighted by Gasteiger charge is 2.34. The number of halogens is 6. The second-order valence-electron chi connectivity index (χ2n) is 7.42. The molecule has 1 aromatic carbocycles. The van der Waals surface area contributed by atoms with Crippen LogP contribution in [0, 0.1) is 0 Å². The van der Waals surface area contributed by atoms with Gasteiger partial charge in [-0.1, -0.05) is 38.8 Å². The molecule has 0 spiro atoms. The van der Waals surface area contributed by atoms with Crippen molar-refractivity contribution < 1.29 is 31.4 Å². The lowest BCUT2D eigenvalue weighted by Gasteiger charge is -2.25. The Hall–Kier alpha value is -2.13. The van der Waals surface area contributed by atoms with Crippen LogP contribution in [0.1, 0.15) is 62.4 Å². The molecular weight excluding hydrogens is 422 g/mol. The topological polar surface area (TPSA) is 45.1 Å². The lowest BCUT2D eigenvalue weighted by atomic mass is 9.99. The van der Waals surface area contributed by atoms with E-state index >= 15 is 0 Å². The summed E-state index contributed by atoms with van der Waals surface area (Å²) in [7, 11) is 0. The zero-order valence-corrected chi connectivity index (χ0v) is 17.3. The molecule has 0 saturated carbocycles. The van der Waals surface area contributed by atoms with E-state index in [-0.39, 0.29) is 22.9 Å². The van der Waals surface area contributed by atoms with Crippen LogP contribution in [0.5, 0.6) is 0 Å². The van der Waals surface area contributed by atoms with E-state index < -0.39 is 36.3 Å². The van der Waals surface area contributed by atoms with Gasteiger partial charge in [0.15, 0.2) is 0 Å². The van der Waals surface area contributed by atoms with Crippen molar-refractivity contribution in [3.8, 4) is 11.3 Å². The van der Waals surface area contributed by atoms with Crippen LogP contribution in [-0.4, -0.2) is 22.7 Å². The molecule has 31 heavy (non-hydrogen) atoms. The highest BCUT2D eigenvalue weighted by Crippen LogP contribution is 2.34. The molecule has 2 rings (SSSR count). The van der Waals surface area contributed by atoms with E-state index in [9.17, 15) is 31.4 Å². The van der Waals surface area contributed by atoms with E-state index in [1.165, 1.54) is 6.07 Å². The number of hydrogen-bond donors (Lipinski definition) is 2. The largest absolute Gasteiger partial charge is 0.433 e. The summed E-state index contributed by atoms with van der Waals surface area (Å²) < 4.78 is 78.8. The minimum Gasteiger partial charge on any atom is -0.394 e. The third kappa shape index (κ3) is 6.93. The molecule has 0 fully saturated rings. The number of rotatable bonds is 9. The van der Waals surface area contributed by atoms with Crippen LogP contribution in [0.4, 0.5) is 26.3 Å². The fourth-order valence-electron chi connectivity index (χ4n) is 3.42. The Morgan fingerprint density at radius 1 is 0.903 bits per heavy atom. The van der Waals surface area contributed by atoms with Crippen LogP contribution >= 0.6 is 0 Å². The molecule has 0 aliphatic heterocycles. The molecule has 172 valence electrons. The number of aliphatic hydroxyl groups is 1. The summed E-state index contributed by atoms with van der Waals surface area (Å²) in [6, 6.07) is 5.29. The normalized spacial score (nSPS) is 13.6. The highest BCUT2D eigenvalue weighted by atomic mass is 19.4. The first-order chi connectivity index (χ1) is 14.5. The van der Waals surface area contributed by atoms with Gasteiger partial charge in [-0.25, -0.2) is 4.98 Å². The van der Waals surface area contributed by atoms with Gasteiger partial charge >= 0.3 is 12.4 Å². The summed E-state index contributed by atoms with van der Waals surface area (Å²) in [5.41, 5.74) is -1.88. The first-order valence-corrected chi connectivity index (χ1v) is 10.1. The monoisotopic (exact) mass is 448 g/mol. The Labute approximate surface area is 177 Å². The van der Waals surface area contributed by atoms with Crippen molar-refractivity contribution in [2.75, 3.05) is 6.61 Å². The maximum atomic E-state index is 13.5. The lowest BCUT2D eigenvalue weighted by Crippen LogP contribution is -2.35. The Morgan fingerprint density at radius 3 is 1.94 bits per heavy atom. The molecule has 0 aliphatic carbocycles. The van der Waals surface area contributed by atoms with Crippen LogP contribution in [0.15, 0.2) is 36.4 Å². The molecule has 0 amide bonds. The Balaban J connectivity index is 2.48. The number of nitrogens with one attached hydrogen (secondary N) is 1. The van der Waals surface area contributed by atoms with Gasteiger partial charge in [-0.3, -0.25) is 0 Å². The van der Waals surface area contributed by atoms with Crippen molar-refractivity contribution in [2.24, 2.45) is 0 Å². The van der Waals surface area contributed by atoms with Gasteiger partial charge in [0.2, 0.25) is 0 Å². The molecule has 0 unspecified atom stereocenters. The molecule has 0 saturated heterocycles. The lowest BCUT2D eigenvalue weighted by molar-refractivity contribution is -0.141. The molecule has 1 aromatic heterocycles. The SMILES string of the molecule is CCCC(CCC)N[C@H](CO)c1cc(-c2ccc(C(F)(F)F)cc2)nc(C(F)(F)F)c1. The molecular formula is C22H26F6N2O. The third-order valence-corrected chi connectivity index (χ3v) is 4.94. The van der Waals surface area contributed by atoms with E-state index in [4.69, 9.17) is 0 Å². The number of benzene rings is 1. The Morgan fingerprint density at radius 2 is 1.48 bits per heavy atom. The zero-order valence-electron chi connectivity index (χ0n) is 17.3. The zero-order chi connectivity index (χ0) is 23.2. The third-order valence-electron chi connectivity index (χ3n) is 4.94. The van der Waals surface area contributed by atoms with Crippen LogP contribution in [-0.2, 0) is 12.4 Å². The molecule has 1 atom stereocenters. The summed E-state index contributed by atoms with van der Waals surface area (Å²) in [4.78, 5) is 3.62. The standard InChI is InChI=1S/C22H26F6N2O/c1-3-5-17(6-4-2)29-19(13-31)15-11-18(30-20(12-15)22(26,27)28)14-7-9-16(10-8-14)21(23,24)25/h7-12,17,19,29,31H,3-6,13H2,1-2H3/t19-/m1/s1. The first-order valence-electron chi connectivity index (χ1n) is 10.1. The predicted octanol–water partition coefficient (Wildman–Crippen LogP) is 6.38. The van der Waals surface area contributed by atoms with E-state index in [1.54, 1.807) is 0 Å². The number of pyridine rings is 1.